The smallest absolute Gasteiger partial charge is 0.229 e. The average molecular weight is 284 g/mol. The fourth-order valence-corrected chi connectivity index (χ4v) is 2.92. The molecule has 2 aromatic rings. The third kappa shape index (κ3) is 2.97. The van der Waals surface area contributed by atoms with E-state index in [4.69, 9.17) is 5.73 Å². The first-order chi connectivity index (χ1) is 10.3. The van der Waals surface area contributed by atoms with E-state index in [1.807, 2.05) is 35.0 Å². The van der Waals surface area contributed by atoms with E-state index in [0.717, 1.165) is 37.1 Å². The van der Waals surface area contributed by atoms with Gasteiger partial charge in [0.25, 0.3) is 0 Å². The average Bonchev–Trinajstić information content (AvgIpc) is 3.02. The molecule has 5 nitrogen and oxygen atoms in total. The van der Waals surface area contributed by atoms with Crippen molar-refractivity contribution in [3.63, 3.8) is 0 Å². The molecule has 0 radical (unpaired) electrons. The second-order valence-electron chi connectivity index (χ2n) is 5.53. The van der Waals surface area contributed by atoms with Gasteiger partial charge in [-0.2, -0.15) is 0 Å². The number of carbonyl (C=O) groups excluding carboxylic acids is 1. The molecule has 3 rings (SSSR count). The lowest BCUT2D eigenvalue weighted by molar-refractivity contribution is -0.121. The van der Waals surface area contributed by atoms with Crippen molar-refractivity contribution in [2.45, 2.75) is 31.7 Å². The molecule has 0 aliphatic heterocycles. The van der Waals surface area contributed by atoms with Crippen LogP contribution in [-0.4, -0.2) is 21.5 Å². The summed E-state index contributed by atoms with van der Waals surface area (Å²) in [5, 5.41) is 3.03. The summed E-state index contributed by atoms with van der Waals surface area (Å²) in [6, 6.07) is 7.69. The van der Waals surface area contributed by atoms with E-state index in [-0.39, 0.29) is 17.9 Å². The van der Waals surface area contributed by atoms with Crippen molar-refractivity contribution < 1.29 is 4.79 Å². The Balaban J connectivity index is 1.80. The van der Waals surface area contributed by atoms with Crippen LogP contribution in [0.1, 0.15) is 25.7 Å². The van der Waals surface area contributed by atoms with Crippen LogP contribution in [0.5, 0.6) is 0 Å². The van der Waals surface area contributed by atoms with Crippen molar-refractivity contribution in [3.05, 3.63) is 43.0 Å². The second-order valence-corrected chi connectivity index (χ2v) is 5.53. The highest BCUT2D eigenvalue weighted by Crippen LogP contribution is 2.26. The molecule has 1 aliphatic rings. The maximum absolute atomic E-state index is 12.5. The number of amides is 1. The van der Waals surface area contributed by atoms with Gasteiger partial charge in [0.1, 0.15) is 0 Å². The fourth-order valence-electron chi connectivity index (χ4n) is 2.92. The Morgan fingerprint density at radius 2 is 2.10 bits per heavy atom. The Morgan fingerprint density at radius 1 is 1.29 bits per heavy atom. The maximum atomic E-state index is 12.5. The lowest BCUT2D eigenvalue weighted by Crippen LogP contribution is -2.40. The van der Waals surface area contributed by atoms with Crippen LogP contribution < -0.4 is 11.1 Å². The zero-order chi connectivity index (χ0) is 14.7. The summed E-state index contributed by atoms with van der Waals surface area (Å²) in [7, 11) is 0. The van der Waals surface area contributed by atoms with Gasteiger partial charge in [-0.25, -0.2) is 4.98 Å². The number of nitrogens with one attached hydrogen (secondary N) is 1. The zero-order valence-electron chi connectivity index (χ0n) is 11.9. The van der Waals surface area contributed by atoms with Gasteiger partial charge >= 0.3 is 0 Å². The Labute approximate surface area is 124 Å². The number of hydrogen-bond donors (Lipinski definition) is 2. The van der Waals surface area contributed by atoms with Crippen molar-refractivity contribution >= 4 is 11.6 Å². The van der Waals surface area contributed by atoms with E-state index in [0.29, 0.717) is 0 Å². The Kier molecular flexibility index (Phi) is 4.01. The second kappa shape index (κ2) is 6.10. The van der Waals surface area contributed by atoms with Gasteiger partial charge in [0.2, 0.25) is 5.91 Å². The maximum Gasteiger partial charge on any atom is 0.229 e. The van der Waals surface area contributed by atoms with E-state index >= 15 is 0 Å². The molecule has 3 N–H and O–H groups in total. The van der Waals surface area contributed by atoms with Gasteiger partial charge in [-0.1, -0.05) is 25.0 Å². The predicted octanol–water partition coefficient (Wildman–Crippen LogP) is 2.33. The summed E-state index contributed by atoms with van der Waals surface area (Å²) in [6.07, 6.45) is 9.30. The SMILES string of the molecule is NC1CCCCC1C(=O)Nc1ccccc1-n1ccnc1. The first-order valence-electron chi connectivity index (χ1n) is 7.39. The zero-order valence-corrected chi connectivity index (χ0v) is 11.9. The molecule has 1 aromatic carbocycles. The van der Waals surface area contributed by atoms with Crippen LogP contribution in [0.25, 0.3) is 5.69 Å². The van der Waals surface area contributed by atoms with Crippen LogP contribution in [0, 0.1) is 5.92 Å². The molecular weight excluding hydrogens is 264 g/mol. The molecular formula is C16H20N4O. The van der Waals surface area contributed by atoms with Gasteiger partial charge in [-0.3, -0.25) is 4.79 Å². The van der Waals surface area contributed by atoms with E-state index in [1.54, 1.807) is 12.5 Å². The number of anilines is 1. The molecule has 2 unspecified atom stereocenters. The number of nitrogens with two attached hydrogens (primary N) is 1. The standard InChI is InChI=1S/C16H20N4O/c17-13-6-2-1-5-12(13)16(21)19-14-7-3-4-8-15(14)20-10-9-18-11-20/h3-4,7-13H,1-2,5-6,17H2,(H,19,21). The van der Waals surface area contributed by atoms with E-state index in [9.17, 15) is 4.79 Å². The number of aromatic nitrogens is 2. The van der Waals surface area contributed by atoms with Crippen molar-refractivity contribution in [2.75, 3.05) is 5.32 Å². The molecule has 1 saturated carbocycles. The quantitative estimate of drug-likeness (QED) is 0.908. The van der Waals surface area contributed by atoms with Gasteiger partial charge in [0.15, 0.2) is 0 Å². The minimum atomic E-state index is -0.0883. The molecule has 0 saturated heterocycles. The Hall–Kier alpha value is -2.14. The molecule has 2 atom stereocenters. The van der Waals surface area contributed by atoms with Crippen molar-refractivity contribution in [2.24, 2.45) is 11.7 Å². The van der Waals surface area contributed by atoms with E-state index < -0.39 is 0 Å². The van der Waals surface area contributed by atoms with E-state index in [2.05, 4.69) is 10.3 Å². The van der Waals surface area contributed by atoms with Crippen molar-refractivity contribution in [1.29, 1.82) is 0 Å². The van der Waals surface area contributed by atoms with Crippen LogP contribution in [-0.2, 0) is 4.79 Å². The highest BCUT2D eigenvalue weighted by molar-refractivity contribution is 5.95. The molecule has 1 fully saturated rings. The van der Waals surface area contributed by atoms with Gasteiger partial charge in [-0.15, -0.1) is 0 Å². The first-order valence-corrected chi connectivity index (χ1v) is 7.39. The summed E-state index contributed by atoms with van der Waals surface area (Å²) in [6.45, 7) is 0. The van der Waals surface area contributed by atoms with Crippen molar-refractivity contribution in [1.82, 2.24) is 9.55 Å². The fraction of sp³-hybridized carbons (Fsp3) is 0.375. The van der Waals surface area contributed by atoms with Crippen LogP contribution in [0.4, 0.5) is 5.69 Å². The number of rotatable bonds is 3. The van der Waals surface area contributed by atoms with Gasteiger partial charge < -0.3 is 15.6 Å². The Bertz CT molecular complexity index is 608. The minimum Gasteiger partial charge on any atom is -0.327 e. The highest BCUT2D eigenvalue weighted by atomic mass is 16.1. The molecule has 1 heterocycles. The molecule has 110 valence electrons. The normalized spacial score (nSPS) is 22.0. The minimum absolute atomic E-state index is 0.0229. The van der Waals surface area contributed by atoms with Crippen LogP contribution in [0.3, 0.4) is 0 Å². The molecule has 1 aromatic heterocycles. The first kappa shape index (κ1) is 13.8. The monoisotopic (exact) mass is 284 g/mol. The molecule has 1 amide bonds. The third-order valence-electron chi connectivity index (χ3n) is 4.10. The topological polar surface area (TPSA) is 72.9 Å². The summed E-state index contributed by atoms with van der Waals surface area (Å²) >= 11 is 0. The summed E-state index contributed by atoms with van der Waals surface area (Å²) in [5.74, 6) is -0.0654. The summed E-state index contributed by atoms with van der Waals surface area (Å²) in [4.78, 5) is 16.5. The predicted molar refractivity (Wildman–Crippen MR) is 82.1 cm³/mol. The molecule has 0 spiro atoms. The molecule has 1 aliphatic carbocycles. The number of carbonyl (C=O) groups is 1. The van der Waals surface area contributed by atoms with Gasteiger partial charge in [0, 0.05) is 18.4 Å². The lowest BCUT2D eigenvalue weighted by atomic mass is 9.84. The third-order valence-corrected chi connectivity index (χ3v) is 4.10. The highest BCUT2D eigenvalue weighted by Gasteiger charge is 2.28. The molecule has 0 bridgehead atoms. The number of para-hydroxylation sites is 2. The molecule has 21 heavy (non-hydrogen) atoms. The summed E-state index contributed by atoms with van der Waals surface area (Å²) in [5.41, 5.74) is 7.79. The summed E-state index contributed by atoms with van der Waals surface area (Å²) < 4.78 is 1.89. The van der Waals surface area contributed by atoms with E-state index in [1.165, 1.54) is 0 Å². The number of nitrogens with zero attached hydrogens (tertiary/aromatic N) is 2. The largest absolute Gasteiger partial charge is 0.327 e. The number of hydrogen-bond acceptors (Lipinski definition) is 3. The van der Waals surface area contributed by atoms with Gasteiger partial charge in [0.05, 0.1) is 23.6 Å². The molecule has 5 heteroatoms. The van der Waals surface area contributed by atoms with Crippen LogP contribution in [0.2, 0.25) is 0 Å². The van der Waals surface area contributed by atoms with Gasteiger partial charge in [-0.05, 0) is 25.0 Å². The lowest BCUT2D eigenvalue weighted by Gasteiger charge is -2.27. The number of benzene rings is 1. The van der Waals surface area contributed by atoms with Crippen molar-refractivity contribution in [3.8, 4) is 5.69 Å². The Morgan fingerprint density at radius 3 is 2.86 bits per heavy atom. The van der Waals surface area contributed by atoms with Crippen LogP contribution >= 0.6 is 0 Å². The number of imidazole rings is 1. The van der Waals surface area contributed by atoms with Crippen LogP contribution in [0.15, 0.2) is 43.0 Å².